The summed E-state index contributed by atoms with van der Waals surface area (Å²) < 4.78 is 46.5. The fraction of sp³-hybridized carbons (Fsp3) is 0.478. The normalized spacial score (nSPS) is 21.5. The van der Waals surface area contributed by atoms with Gasteiger partial charge in [0, 0.05) is 23.7 Å². The highest BCUT2D eigenvalue weighted by Crippen LogP contribution is 2.36. The van der Waals surface area contributed by atoms with Gasteiger partial charge in [0.2, 0.25) is 10.0 Å². The summed E-state index contributed by atoms with van der Waals surface area (Å²) in [6.07, 6.45) is 3.98. The van der Waals surface area contributed by atoms with E-state index in [0.29, 0.717) is 17.3 Å². The SMILES string of the molecule is O=S(=O)(NCC1CC(Oc2cccc(CN3CCCC3)c2Cl)C1)c1ccc(CF)c(Cl)c1. The first kappa shape index (κ1) is 23.8. The Morgan fingerprint density at radius 2 is 1.84 bits per heavy atom. The summed E-state index contributed by atoms with van der Waals surface area (Å²) >= 11 is 12.5. The summed E-state index contributed by atoms with van der Waals surface area (Å²) in [4.78, 5) is 2.43. The zero-order chi connectivity index (χ0) is 22.7. The fourth-order valence-corrected chi connectivity index (χ4v) is 5.85. The number of nitrogens with zero attached hydrogens (tertiary/aromatic N) is 1. The number of nitrogens with one attached hydrogen (secondary N) is 1. The van der Waals surface area contributed by atoms with Crippen molar-refractivity contribution in [2.45, 2.75) is 49.9 Å². The molecule has 1 saturated carbocycles. The number of hydrogen-bond acceptors (Lipinski definition) is 4. The van der Waals surface area contributed by atoms with E-state index in [-0.39, 0.29) is 27.5 Å². The van der Waals surface area contributed by atoms with E-state index in [4.69, 9.17) is 27.9 Å². The average molecular weight is 501 g/mol. The van der Waals surface area contributed by atoms with Gasteiger partial charge < -0.3 is 4.74 Å². The van der Waals surface area contributed by atoms with Gasteiger partial charge in [-0.1, -0.05) is 41.4 Å². The summed E-state index contributed by atoms with van der Waals surface area (Å²) in [5.74, 6) is 0.872. The van der Waals surface area contributed by atoms with Gasteiger partial charge in [0.1, 0.15) is 12.4 Å². The highest BCUT2D eigenvalue weighted by Gasteiger charge is 2.32. The van der Waals surface area contributed by atoms with Crippen LogP contribution in [0.5, 0.6) is 5.75 Å². The van der Waals surface area contributed by atoms with Crippen LogP contribution in [0.15, 0.2) is 41.3 Å². The van der Waals surface area contributed by atoms with Crippen molar-refractivity contribution in [2.24, 2.45) is 5.92 Å². The molecule has 1 saturated heterocycles. The highest BCUT2D eigenvalue weighted by molar-refractivity contribution is 7.89. The van der Waals surface area contributed by atoms with Gasteiger partial charge in [0.15, 0.2) is 0 Å². The number of ether oxygens (including phenoxy) is 1. The lowest BCUT2D eigenvalue weighted by Gasteiger charge is -2.35. The third-order valence-electron chi connectivity index (χ3n) is 6.16. The summed E-state index contributed by atoms with van der Waals surface area (Å²) in [7, 11) is -3.70. The predicted octanol–water partition coefficient (Wildman–Crippen LogP) is 5.19. The van der Waals surface area contributed by atoms with Gasteiger partial charge in [-0.05, 0) is 68.5 Å². The number of alkyl halides is 1. The molecular weight excluding hydrogens is 474 g/mol. The lowest BCUT2D eigenvalue weighted by molar-refractivity contribution is 0.0673. The Morgan fingerprint density at radius 3 is 2.53 bits per heavy atom. The van der Waals surface area contributed by atoms with Gasteiger partial charge >= 0.3 is 0 Å². The molecule has 0 unspecified atom stereocenters. The Hall–Kier alpha value is -1.38. The standard InChI is InChI=1S/C23H27Cl2FN2O3S/c24-21-12-20(7-6-17(21)13-26)32(29,30)27-14-16-10-19(11-16)31-22-5-3-4-18(23(22)25)15-28-8-1-2-9-28/h3-7,12,16,19,27H,1-2,8-11,13-15H2. The van der Waals surface area contributed by atoms with E-state index in [2.05, 4.69) is 9.62 Å². The molecule has 32 heavy (non-hydrogen) atoms. The molecule has 2 aromatic carbocycles. The molecule has 2 fully saturated rings. The minimum Gasteiger partial charge on any atom is -0.489 e. The molecular formula is C23H27Cl2FN2O3S. The van der Waals surface area contributed by atoms with Crippen LogP contribution in [0, 0.1) is 5.92 Å². The third kappa shape index (κ3) is 5.57. The molecule has 2 aromatic rings. The van der Waals surface area contributed by atoms with E-state index in [9.17, 15) is 12.8 Å². The van der Waals surface area contributed by atoms with E-state index in [1.54, 1.807) is 0 Å². The molecule has 0 spiro atoms. The van der Waals surface area contributed by atoms with Gasteiger partial charge in [-0.15, -0.1) is 0 Å². The fourth-order valence-electron chi connectivity index (χ4n) is 4.18. The lowest BCUT2D eigenvalue weighted by atomic mass is 9.82. The quantitative estimate of drug-likeness (QED) is 0.514. The maximum absolute atomic E-state index is 12.8. The molecule has 1 N–H and O–H groups in total. The molecule has 0 radical (unpaired) electrons. The maximum atomic E-state index is 12.8. The average Bonchev–Trinajstić information content (AvgIpc) is 3.25. The molecule has 5 nitrogen and oxygen atoms in total. The highest BCUT2D eigenvalue weighted by atomic mass is 35.5. The van der Waals surface area contributed by atoms with Crippen LogP contribution in [0.3, 0.4) is 0 Å². The maximum Gasteiger partial charge on any atom is 0.240 e. The summed E-state index contributed by atoms with van der Waals surface area (Å²) in [5, 5.41) is 0.772. The molecule has 0 bridgehead atoms. The minimum atomic E-state index is -3.70. The molecule has 4 rings (SSSR count). The zero-order valence-corrected chi connectivity index (χ0v) is 20.0. The van der Waals surface area contributed by atoms with Crippen molar-refractivity contribution < 1.29 is 17.5 Å². The van der Waals surface area contributed by atoms with Crippen molar-refractivity contribution in [3.8, 4) is 5.75 Å². The number of halogens is 3. The van der Waals surface area contributed by atoms with Gasteiger partial charge in [-0.3, -0.25) is 4.90 Å². The molecule has 9 heteroatoms. The molecule has 0 amide bonds. The second kappa shape index (κ2) is 10.3. The van der Waals surface area contributed by atoms with Crippen molar-refractivity contribution in [3.63, 3.8) is 0 Å². The van der Waals surface area contributed by atoms with Gasteiger partial charge in [0.25, 0.3) is 0 Å². The first-order valence-corrected chi connectivity index (χ1v) is 13.1. The summed E-state index contributed by atoms with van der Waals surface area (Å²) in [6.45, 7) is 2.62. The van der Waals surface area contributed by atoms with Crippen LogP contribution in [0.25, 0.3) is 0 Å². The van der Waals surface area contributed by atoms with Gasteiger partial charge in [-0.2, -0.15) is 0 Å². The van der Waals surface area contributed by atoms with Crippen LogP contribution in [0.2, 0.25) is 10.0 Å². The van der Waals surface area contributed by atoms with Crippen LogP contribution in [-0.2, 0) is 23.2 Å². The monoisotopic (exact) mass is 500 g/mol. The Morgan fingerprint density at radius 1 is 1.09 bits per heavy atom. The smallest absolute Gasteiger partial charge is 0.240 e. The van der Waals surface area contributed by atoms with Crippen molar-refractivity contribution in [3.05, 3.63) is 57.6 Å². The van der Waals surface area contributed by atoms with Crippen LogP contribution in [0.1, 0.15) is 36.8 Å². The van der Waals surface area contributed by atoms with Crippen molar-refractivity contribution in [1.29, 1.82) is 0 Å². The number of sulfonamides is 1. The number of likely N-dealkylation sites (tertiary alicyclic amines) is 1. The molecule has 1 aliphatic heterocycles. The molecule has 174 valence electrons. The van der Waals surface area contributed by atoms with Crippen LogP contribution in [0.4, 0.5) is 4.39 Å². The second-order valence-corrected chi connectivity index (χ2v) is 11.1. The Labute approximate surface area is 198 Å². The van der Waals surface area contributed by atoms with Crippen LogP contribution < -0.4 is 9.46 Å². The summed E-state index contributed by atoms with van der Waals surface area (Å²) in [6, 6.07) is 9.94. The Bertz CT molecular complexity index is 1060. The Balaban J connectivity index is 1.27. The first-order valence-electron chi connectivity index (χ1n) is 10.9. The molecule has 0 aromatic heterocycles. The van der Waals surface area contributed by atoms with E-state index in [0.717, 1.165) is 38.0 Å². The zero-order valence-electron chi connectivity index (χ0n) is 17.7. The van der Waals surface area contributed by atoms with Crippen LogP contribution in [-0.4, -0.2) is 39.1 Å². The first-order chi connectivity index (χ1) is 15.4. The van der Waals surface area contributed by atoms with Crippen molar-refractivity contribution in [1.82, 2.24) is 9.62 Å². The molecule has 0 atom stereocenters. The topological polar surface area (TPSA) is 58.6 Å². The van der Waals surface area contributed by atoms with Crippen molar-refractivity contribution in [2.75, 3.05) is 19.6 Å². The second-order valence-electron chi connectivity index (χ2n) is 8.53. The summed E-state index contributed by atoms with van der Waals surface area (Å²) in [5.41, 5.74) is 1.35. The predicted molar refractivity (Wildman–Crippen MR) is 125 cm³/mol. The Kier molecular flexibility index (Phi) is 7.62. The largest absolute Gasteiger partial charge is 0.489 e. The van der Waals surface area contributed by atoms with E-state index in [1.165, 1.54) is 31.0 Å². The van der Waals surface area contributed by atoms with Gasteiger partial charge in [0.05, 0.1) is 16.0 Å². The molecule has 1 aliphatic carbocycles. The minimum absolute atomic E-state index is 0.0160. The van der Waals surface area contributed by atoms with E-state index in [1.807, 2.05) is 18.2 Å². The van der Waals surface area contributed by atoms with E-state index < -0.39 is 16.7 Å². The third-order valence-corrected chi connectivity index (χ3v) is 8.36. The number of benzene rings is 2. The molecule has 2 aliphatic rings. The molecule has 1 heterocycles. The lowest BCUT2D eigenvalue weighted by Crippen LogP contribution is -2.41. The van der Waals surface area contributed by atoms with Crippen LogP contribution >= 0.6 is 23.2 Å². The van der Waals surface area contributed by atoms with E-state index >= 15 is 0 Å². The number of hydrogen-bond donors (Lipinski definition) is 1. The van der Waals surface area contributed by atoms with Gasteiger partial charge in [-0.25, -0.2) is 17.5 Å². The van der Waals surface area contributed by atoms with Crippen molar-refractivity contribution >= 4 is 33.2 Å². The number of rotatable bonds is 9.